The highest BCUT2D eigenvalue weighted by Crippen LogP contribution is 2.48. The van der Waals surface area contributed by atoms with Crippen molar-refractivity contribution in [1.82, 2.24) is 10.1 Å². The van der Waals surface area contributed by atoms with Crippen molar-refractivity contribution in [3.63, 3.8) is 0 Å². The van der Waals surface area contributed by atoms with E-state index in [0.717, 1.165) is 34.5 Å². The fourth-order valence-electron chi connectivity index (χ4n) is 4.31. The Kier molecular flexibility index (Phi) is 3.67. The summed E-state index contributed by atoms with van der Waals surface area (Å²) in [5.74, 6) is 0.810. The van der Waals surface area contributed by atoms with Crippen molar-refractivity contribution >= 4 is 11.7 Å². The zero-order valence-electron chi connectivity index (χ0n) is 15.0. The summed E-state index contributed by atoms with van der Waals surface area (Å²) in [5, 5.41) is 7.50. The number of aromatic nitrogens is 2. The molecule has 3 aromatic rings. The Labute approximate surface area is 157 Å². The van der Waals surface area contributed by atoms with Crippen LogP contribution in [0.15, 0.2) is 70.7 Å². The highest BCUT2D eigenvalue weighted by molar-refractivity contribution is 6.01. The molecule has 0 amide bonds. The number of Topliss-reactive ketones (excluding diaryl/α,β-unsaturated/α-hetero) is 1. The standard InChI is InChI=1S/C22H19N3O2/c1-13-19-20(15-8-5-9-23-12-15)21-17(24-22(19)27-25-13)10-16(11-18(21)26)14-6-3-2-4-7-14/h2-9,12,16,20,24H,10-11H2,1H3/t16-,20-/m1/s1. The minimum Gasteiger partial charge on any atom is -0.338 e. The number of rotatable bonds is 2. The first-order chi connectivity index (χ1) is 13.2. The van der Waals surface area contributed by atoms with E-state index in [2.05, 4.69) is 27.6 Å². The van der Waals surface area contributed by atoms with Gasteiger partial charge in [-0.2, -0.15) is 0 Å². The van der Waals surface area contributed by atoms with E-state index in [0.29, 0.717) is 12.3 Å². The summed E-state index contributed by atoms with van der Waals surface area (Å²) in [7, 11) is 0. The lowest BCUT2D eigenvalue weighted by molar-refractivity contribution is -0.116. The third-order valence-corrected chi connectivity index (χ3v) is 5.55. The van der Waals surface area contributed by atoms with Crippen LogP contribution in [0.25, 0.3) is 0 Å². The van der Waals surface area contributed by atoms with Gasteiger partial charge in [0.15, 0.2) is 5.78 Å². The van der Waals surface area contributed by atoms with Gasteiger partial charge in [-0.3, -0.25) is 9.78 Å². The Morgan fingerprint density at radius 1 is 1.07 bits per heavy atom. The number of aryl methyl sites for hydroxylation is 1. The Morgan fingerprint density at radius 2 is 1.89 bits per heavy atom. The molecule has 2 atom stereocenters. The Morgan fingerprint density at radius 3 is 2.67 bits per heavy atom. The fourth-order valence-corrected chi connectivity index (χ4v) is 4.31. The van der Waals surface area contributed by atoms with E-state index < -0.39 is 0 Å². The van der Waals surface area contributed by atoms with E-state index in [1.54, 1.807) is 6.20 Å². The molecule has 0 radical (unpaired) electrons. The molecule has 2 aromatic heterocycles. The number of hydrogen-bond donors (Lipinski definition) is 1. The smallest absolute Gasteiger partial charge is 0.233 e. The van der Waals surface area contributed by atoms with Gasteiger partial charge < -0.3 is 9.84 Å². The topological polar surface area (TPSA) is 68.0 Å². The molecule has 1 aromatic carbocycles. The number of nitrogens with one attached hydrogen (secondary N) is 1. The zero-order valence-corrected chi connectivity index (χ0v) is 15.0. The number of hydrogen-bond acceptors (Lipinski definition) is 5. The van der Waals surface area contributed by atoms with Gasteiger partial charge in [-0.05, 0) is 36.5 Å². The Bertz CT molecular complexity index is 1040. The number of carbonyl (C=O) groups excluding carboxylic acids is 1. The maximum atomic E-state index is 13.3. The second-order valence-electron chi connectivity index (χ2n) is 7.19. The summed E-state index contributed by atoms with van der Waals surface area (Å²) in [4.78, 5) is 17.5. The van der Waals surface area contributed by atoms with Crippen molar-refractivity contribution in [3.05, 3.63) is 88.5 Å². The minimum absolute atomic E-state index is 0.171. The average molecular weight is 357 g/mol. The maximum absolute atomic E-state index is 13.3. The van der Waals surface area contributed by atoms with Gasteiger partial charge in [-0.25, -0.2) is 0 Å². The van der Waals surface area contributed by atoms with Crippen molar-refractivity contribution in [2.75, 3.05) is 5.32 Å². The second-order valence-corrected chi connectivity index (χ2v) is 7.19. The predicted molar refractivity (Wildman–Crippen MR) is 101 cm³/mol. The zero-order chi connectivity index (χ0) is 18.4. The molecule has 3 heterocycles. The summed E-state index contributed by atoms with van der Waals surface area (Å²) in [6.07, 6.45) is 4.87. The first kappa shape index (κ1) is 16.0. The van der Waals surface area contributed by atoms with Crippen molar-refractivity contribution in [1.29, 1.82) is 0 Å². The number of carbonyl (C=O) groups is 1. The van der Waals surface area contributed by atoms with Crippen molar-refractivity contribution < 1.29 is 9.32 Å². The van der Waals surface area contributed by atoms with Gasteiger partial charge in [0.05, 0.1) is 11.3 Å². The van der Waals surface area contributed by atoms with Gasteiger partial charge in [0.25, 0.3) is 0 Å². The van der Waals surface area contributed by atoms with E-state index >= 15 is 0 Å². The van der Waals surface area contributed by atoms with E-state index in [4.69, 9.17) is 4.52 Å². The van der Waals surface area contributed by atoms with Crippen LogP contribution in [0, 0.1) is 6.92 Å². The molecule has 5 nitrogen and oxygen atoms in total. The number of nitrogens with zero attached hydrogens (tertiary/aromatic N) is 2. The van der Waals surface area contributed by atoms with Gasteiger partial charge in [0, 0.05) is 36.0 Å². The molecule has 5 heteroatoms. The highest BCUT2D eigenvalue weighted by atomic mass is 16.5. The van der Waals surface area contributed by atoms with Crippen molar-refractivity contribution in [3.8, 4) is 0 Å². The molecule has 0 unspecified atom stereocenters. The summed E-state index contributed by atoms with van der Waals surface area (Å²) in [6.45, 7) is 1.92. The Balaban J connectivity index is 1.63. The average Bonchev–Trinajstić information content (AvgIpc) is 3.08. The molecule has 2 aliphatic rings. The molecule has 134 valence electrons. The maximum Gasteiger partial charge on any atom is 0.233 e. The Hall–Kier alpha value is -3.21. The molecule has 1 N–H and O–H groups in total. The number of pyridine rings is 1. The molecule has 27 heavy (non-hydrogen) atoms. The van der Waals surface area contributed by atoms with Crippen LogP contribution in [0.2, 0.25) is 0 Å². The predicted octanol–water partition coefficient (Wildman–Crippen LogP) is 4.34. The number of fused-ring (bicyclic) bond motifs is 1. The molecule has 0 spiro atoms. The summed E-state index contributed by atoms with van der Waals surface area (Å²) < 4.78 is 5.54. The molecule has 1 aliphatic heterocycles. The summed E-state index contributed by atoms with van der Waals surface area (Å²) >= 11 is 0. The fraction of sp³-hybridized carbons (Fsp3) is 0.227. The number of ketones is 1. The van der Waals surface area contributed by atoms with Crippen LogP contribution in [0.3, 0.4) is 0 Å². The molecule has 1 aliphatic carbocycles. The molecular weight excluding hydrogens is 338 g/mol. The summed E-state index contributed by atoms with van der Waals surface area (Å²) in [6, 6.07) is 14.1. The van der Waals surface area contributed by atoms with Crippen LogP contribution in [-0.2, 0) is 4.79 Å². The normalized spacial score (nSPS) is 21.4. The largest absolute Gasteiger partial charge is 0.338 e. The van der Waals surface area contributed by atoms with Crippen LogP contribution in [0.4, 0.5) is 5.88 Å². The van der Waals surface area contributed by atoms with Crippen molar-refractivity contribution in [2.24, 2.45) is 0 Å². The SMILES string of the molecule is Cc1noc2c1[C@@H](c1cccnc1)C1=C(C[C@@H](c3ccccc3)CC1=O)N2. The number of benzene rings is 1. The second kappa shape index (κ2) is 6.20. The molecular formula is C22H19N3O2. The van der Waals surface area contributed by atoms with Gasteiger partial charge in [-0.1, -0.05) is 41.6 Å². The van der Waals surface area contributed by atoms with Crippen LogP contribution in [-0.4, -0.2) is 15.9 Å². The monoisotopic (exact) mass is 357 g/mol. The molecule has 0 saturated heterocycles. The summed E-state index contributed by atoms with van der Waals surface area (Å²) in [5.41, 5.74) is 5.69. The lowest BCUT2D eigenvalue weighted by Crippen LogP contribution is -2.29. The van der Waals surface area contributed by atoms with Gasteiger partial charge in [0.2, 0.25) is 5.88 Å². The van der Waals surface area contributed by atoms with E-state index in [1.807, 2.05) is 43.5 Å². The van der Waals surface area contributed by atoms with E-state index in [9.17, 15) is 4.79 Å². The lowest BCUT2D eigenvalue weighted by atomic mass is 9.72. The first-order valence-electron chi connectivity index (χ1n) is 9.16. The first-order valence-corrected chi connectivity index (χ1v) is 9.16. The minimum atomic E-state index is -0.180. The van der Waals surface area contributed by atoms with Crippen LogP contribution in [0.5, 0.6) is 0 Å². The lowest BCUT2D eigenvalue weighted by Gasteiger charge is -2.34. The van der Waals surface area contributed by atoms with Gasteiger partial charge in [0.1, 0.15) is 0 Å². The highest BCUT2D eigenvalue weighted by Gasteiger charge is 2.41. The van der Waals surface area contributed by atoms with Crippen LogP contribution in [0.1, 0.15) is 47.1 Å². The van der Waals surface area contributed by atoms with Crippen LogP contribution < -0.4 is 5.32 Å². The molecule has 0 fully saturated rings. The quantitative estimate of drug-likeness (QED) is 0.739. The molecule has 0 bridgehead atoms. The molecule has 0 saturated carbocycles. The van der Waals surface area contributed by atoms with Gasteiger partial charge in [-0.15, -0.1) is 0 Å². The van der Waals surface area contributed by atoms with E-state index in [-0.39, 0.29) is 17.6 Å². The van der Waals surface area contributed by atoms with Crippen molar-refractivity contribution in [2.45, 2.75) is 31.6 Å². The number of allylic oxidation sites excluding steroid dienone is 2. The number of anilines is 1. The third-order valence-electron chi connectivity index (χ3n) is 5.55. The molecule has 5 rings (SSSR count). The van der Waals surface area contributed by atoms with Gasteiger partial charge >= 0.3 is 0 Å². The van der Waals surface area contributed by atoms with Crippen LogP contribution >= 0.6 is 0 Å². The van der Waals surface area contributed by atoms with E-state index in [1.165, 1.54) is 5.56 Å². The third kappa shape index (κ3) is 2.58.